The van der Waals surface area contributed by atoms with Gasteiger partial charge >= 0.3 is 0 Å². The Morgan fingerprint density at radius 2 is 1.06 bits per heavy atom. The summed E-state index contributed by atoms with van der Waals surface area (Å²) in [4.78, 5) is 10.5. The van der Waals surface area contributed by atoms with Gasteiger partial charge in [0.1, 0.15) is 11.6 Å². The second kappa shape index (κ2) is 16.6. The Morgan fingerprint density at radius 3 is 1.70 bits per heavy atom. The highest BCUT2D eigenvalue weighted by Gasteiger charge is 2.30. The van der Waals surface area contributed by atoms with Gasteiger partial charge in [0.15, 0.2) is 0 Å². The lowest BCUT2D eigenvalue weighted by molar-refractivity contribution is 0.446. The minimum Gasteiger partial charge on any atom is -0.507 e. The van der Waals surface area contributed by atoms with Crippen molar-refractivity contribution in [3.05, 3.63) is 167 Å². The zero-order valence-electron chi connectivity index (χ0n) is 49.6. The SMILES string of the molecule is [2H]C([2H])([2H])C(c1ccc(-c2ccnc(-c3cc(-c4cccc5c4nc(-c4cc(C(C)(C)C)cc(C(C)(C)C)c4O)n5-c4cc(-c5ccccc5)cc(C(C)(C)C)c4)cc(C(C)(C)C)c3)c2)cc1)(C([2H])([2H])[2H])C([2H])([2H])[2H]. The maximum absolute atomic E-state index is 12.6. The quantitative estimate of drug-likeness (QED) is 0.181. The topological polar surface area (TPSA) is 50.9 Å². The Bertz CT molecular complexity index is 3390. The maximum Gasteiger partial charge on any atom is 0.149 e. The van der Waals surface area contributed by atoms with E-state index in [0.717, 1.165) is 66.8 Å². The van der Waals surface area contributed by atoms with Gasteiger partial charge in [0.05, 0.1) is 22.3 Å². The lowest BCUT2D eigenvalue weighted by Crippen LogP contribution is -2.17. The molecule has 4 heteroatoms. The third-order valence-electron chi connectivity index (χ3n) is 12.7. The van der Waals surface area contributed by atoms with Gasteiger partial charge in [-0.25, -0.2) is 4.98 Å². The molecule has 66 heavy (non-hydrogen) atoms. The lowest BCUT2D eigenvalue weighted by atomic mass is 9.79. The lowest BCUT2D eigenvalue weighted by Gasteiger charge is -2.28. The molecule has 8 aromatic rings. The molecule has 0 saturated heterocycles. The number of hydrogen-bond acceptors (Lipinski definition) is 3. The Hall–Kier alpha value is -6.26. The fourth-order valence-electron chi connectivity index (χ4n) is 8.60. The van der Waals surface area contributed by atoms with E-state index in [-0.39, 0.29) is 27.6 Å². The summed E-state index contributed by atoms with van der Waals surface area (Å²) in [5.74, 6) is 0.797. The minimum atomic E-state index is -3.37. The van der Waals surface area contributed by atoms with Crippen LogP contribution in [0.1, 0.15) is 144 Å². The van der Waals surface area contributed by atoms with E-state index in [1.54, 1.807) is 24.4 Å². The van der Waals surface area contributed by atoms with E-state index in [4.69, 9.17) is 22.3 Å². The summed E-state index contributed by atoms with van der Waals surface area (Å²) in [5.41, 5.74) is 9.42. The van der Waals surface area contributed by atoms with Crippen molar-refractivity contribution in [1.82, 2.24) is 14.5 Å². The normalized spacial score (nSPS) is 15.4. The zero-order valence-corrected chi connectivity index (χ0v) is 40.6. The number of hydrogen-bond donors (Lipinski definition) is 1. The molecule has 0 unspecified atom stereocenters. The van der Waals surface area contributed by atoms with Crippen molar-refractivity contribution in [1.29, 1.82) is 0 Å². The molecule has 0 saturated carbocycles. The van der Waals surface area contributed by atoms with Gasteiger partial charge in [-0.3, -0.25) is 9.55 Å². The number of phenols is 1. The fraction of sp³-hybridized carbons (Fsp3) is 0.323. The molecule has 0 aliphatic carbocycles. The molecule has 0 aliphatic heterocycles. The van der Waals surface area contributed by atoms with Crippen LogP contribution in [0.25, 0.3) is 72.7 Å². The van der Waals surface area contributed by atoms with Gasteiger partial charge in [-0.05, 0) is 126 Å². The average molecular weight is 881 g/mol. The number of para-hydroxylation sites is 1. The first-order chi connectivity index (χ1) is 34.5. The van der Waals surface area contributed by atoms with E-state index < -0.39 is 31.4 Å². The van der Waals surface area contributed by atoms with Gasteiger partial charge in [0.2, 0.25) is 0 Å². The number of fused-ring (bicyclic) bond motifs is 1. The average Bonchev–Trinajstić information content (AvgIpc) is 3.69. The van der Waals surface area contributed by atoms with Crippen LogP contribution in [-0.2, 0) is 27.1 Å². The Morgan fingerprint density at radius 1 is 0.455 bits per heavy atom. The van der Waals surface area contributed by atoms with Gasteiger partial charge in [0, 0.05) is 40.9 Å². The van der Waals surface area contributed by atoms with Crippen LogP contribution in [0.5, 0.6) is 5.75 Å². The number of phenolic OH excluding ortho intramolecular Hbond substituents is 1. The molecule has 0 amide bonds. The second-order valence-electron chi connectivity index (χ2n) is 22.1. The van der Waals surface area contributed by atoms with E-state index in [2.05, 4.69) is 179 Å². The highest BCUT2D eigenvalue weighted by molar-refractivity contribution is 5.97. The van der Waals surface area contributed by atoms with Gasteiger partial charge in [-0.15, -0.1) is 0 Å². The third-order valence-corrected chi connectivity index (χ3v) is 12.7. The van der Waals surface area contributed by atoms with Gasteiger partial charge in [-0.1, -0.05) is 189 Å². The largest absolute Gasteiger partial charge is 0.507 e. The zero-order chi connectivity index (χ0) is 55.2. The van der Waals surface area contributed by atoms with Crippen molar-refractivity contribution in [2.24, 2.45) is 0 Å². The Balaban J connectivity index is 1.37. The molecular formula is C62H69N3O. The standard InChI is InChI=1S/C62H69N3O/c1-58(2,3)45-26-24-40(25-27-45)41-28-29-63-53(35-41)44-30-43(32-46(33-44)59(4,5)6)50-22-19-23-54-55(50)64-57(51-37-48(61(10,11)12)38-52(56(51)66)62(13,14)15)65(54)49-34-42(39-20-17-16-18-21-39)31-47(36-49)60(7,8)9/h16-38,66H,1-15H3/i1D3,2D3,3D3. The Labute approximate surface area is 407 Å². The highest BCUT2D eigenvalue weighted by Crippen LogP contribution is 2.46. The van der Waals surface area contributed by atoms with Crippen molar-refractivity contribution in [3.63, 3.8) is 0 Å². The molecular weight excluding hydrogens is 803 g/mol. The van der Waals surface area contributed by atoms with Crippen LogP contribution >= 0.6 is 0 Å². The number of nitrogens with zero attached hydrogens (tertiary/aromatic N) is 3. The molecule has 0 atom stereocenters. The minimum absolute atomic E-state index is 0.188. The number of pyridine rings is 1. The van der Waals surface area contributed by atoms with Gasteiger partial charge < -0.3 is 5.11 Å². The smallest absolute Gasteiger partial charge is 0.149 e. The van der Waals surface area contributed by atoms with E-state index in [1.807, 2.05) is 12.1 Å². The van der Waals surface area contributed by atoms with E-state index in [1.165, 1.54) is 12.1 Å². The number of benzene rings is 6. The predicted molar refractivity (Wildman–Crippen MR) is 281 cm³/mol. The first-order valence-electron chi connectivity index (χ1n) is 27.4. The van der Waals surface area contributed by atoms with Crippen molar-refractivity contribution < 1.29 is 17.4 Å². The molecule has 2 aromatic heterocycles. The summed E-state index contributed by atoms with van der Waals surface area (Å²) < 4.78 is 76.2. The molecule has 4 nitrogen and oxygen atoms in total. The molecule has 8 rings (SSSR count). The summed E-state index contributed by atoms with van der Waals surface area (Å²) in [6.45, 7) is 16.0. The number of rotatable bonds is 6. The van der Waals surface area contributed by atoms with Crippen molar-refractivity contribution in [2.45, 2.75) is 131 Å². The first-order valence-corrected chi connectivity index (χ1v) is 22.9. The summed E-state index contributed by atoms with van der Waals surface area (Å²) >= 11 is 0. The number of aromatic hydroxyl groups is 1. The molecule has 0 spiro atoms. The monoisotopic (exact) mass is 881 g/mol. The Kier molecular flexibility index (Phi) is 9.02. The van der Waals surface area contributed by atoms with E-state index in [9.17, 15) is 5.11 Å². The van der Waals surface area contributed by atoms with Gasteiger partial charge in [-0.2, -0.15) is 0 Å². The molecule has 0 bridgehead atoms. The van der Waals surface area contributed by atoms with Crippen molar-refractivity contribution >= 4 is 11.0 Å². The van der Waals surface area contributed by atoms with Crippen LogP contribution < -0.4 is 0 Å². The first kappa shape index (κ1) is 35.9. The fourth-order valence-corrected chi connectivity index (χ4v) is 8.60. The molecule has 0 fully saturated rings. The van der Waals surface area contributed by atoms with Gasteiger partial charge in [0.25, 0.3) is 0 Å². The summed E-state index contributed by atoms with van der Waals surface area (Å²) in [6, 6.07) is 43.5. The summed E-state index contributed by atoms with van der Waals surface area (Å²) in [5, 5.41) is 12.6. The van der Waals surface area contributed by atoms with Crippen LogP contribution in [-0.4, -0.2) is 19.6 Å². The predicted octanol–water partition coefficient (Wildman–Crippen LogP) is 16.9. The van der Waals surface area contributed by atoms with Crippen molar-refractivity contribution in [2.75, 3.05) is 0 Å². The molecule has 0 radical (unpaired) electrons. The van der Waals surface area contributed by atoms with E-state index in [0.29, 0.717) is 28.2 Å². The number of imidazole rings is 1. The highest BCUT2D eigenvalue weighted by atomic mass is 16.3. The summed E-state index contributed by atoms with van der Waals surface area (Å²) in [7, 11) is 0. The van der Waals surface area contributed by atoms with Crippen LogP contribution in [0.15, 0.2) is 140 Å². The summed E-state index contributed by atoms with van der Waals surface area (Å²) in [6.07, 6.45) is 1.69. The molecule has 2 heterocycles. The van der Waals surface area contributed by atoms with Crippen LogP contribution in [0.4, 0.5) is 0 Å². The molecule has 0 aliphatic rings. The maximum atomic E-state index is 12.6. The van der Waals surface area contributed by atoms with Crippen LogP contribution in [0, 0.1) is 0 Å². The molecule has 1 N–H and O–H groups in total. The molecule has 6 aromatic carbocycles. The second-order valence-corrected chi connectivity index (χ2v) is 22.1. The van der Waals surface area contributed by atoms with Crippen LogP contribution in [0.2, 0.25) is 0 Å². The number of aromatic nitrogens is 3. The third kappa shape index (κ3) is 9.25. The van der Waals surface area contributed by atoms with Crippen LogP contribution in [0.3, 0.4) is 0 Å². The molecule has 338 valence electrons. The van der Waals surface area contributed by atoms with E-state index >= 15 is 0 Å². The van der Waals surface area contributed by atoms with Crippen molar-refractivity contribution in [3.8, 4) is 67.5 Å².